The fraction of sp³-hybridized carbons (Fsp3) is 0.500. The van der Waals surface area contributed by atoms with Crippen LogP contribution in [0.4, 0.5) is 0 Å². The molecule has 2 N–H and O–H groups in total. The number of hydrogen-bond donors (Lipinski definition) is 2. The maximum absolute atomic E-state index is 9.94. The topological polar surface area (TPSA) is 50.7 Å². The van der Waals surface area contributed by atoms with Gasteiger partial charge in [-0.2, -0.15) is 0 Å². The van der Waals surface area contributed by atoms with Gasteiger partial charge in [0.15, 0.2) is 0 Å². The van der Waals surface area contributed by atoms with E-state index in [0.29, 0.717) is 12.3 Å². The SMILES string of the molecule is CCNCC(O)c1ccc(OC)cc1OC. The molecule has 1 atom stereocenters. The summed E-state index contributed by atoms with van der Waals surface area (Å²) in [4.78, 5) is 0. The first-order valence-corrected chi connectivity index (χ1v) is 5.33. The molecular weight excluding hydrogens is 206 g/mol. The van der Waals surface area contributed by atoms with Crippen LogP contribution in [0.3, 0.4) is 0 Å². The van der Waals surface area contributed by atoms with Crippen LogP contribution in [0.5, 0.6) is 11.5 Å². The number of aliphatic hydroxyl groups is 1. The second-order valence-electron chi connectivity index (χ2n) is 3.43. The van der Waals surface area contributed by atoms with Crippen molar-refractivity contribution in [3.63, 3.8) is 0 Å². The Bertz CT molecular complexity index is 328. The van der Waals surface area contributed by atoms with Crippen LogP contribution in [0.25, 0.3) is 0 Å². The molecule has 0 spiro atoms. The number of methoxy groups -OCH3 is 2. The summed E-state index contributed by atoms with van der Waals surface area (Å²) in [6, 6.07) is 5.40. The zero-order valence-electron chi connectivity index (χ0n) is 9.99. The molecular formula is C12H19NO3. The van der Waals surface area contributed by atoms with Gasteiger partial charge < -0.3 is 19.9 Å². The van der Waals surface area contributed by atoms with Crippen molar-refractivity contribution in [1.82, 2.24) is 5.32 Å². The third-order valence-corrected chi connectivity index (χ3v) is 2.39. The van der Waals surface area contributed by atoms with Crippen LogP contribution >= 0.6 is 0 Å². The van der Waals surface area contributed by atoms with Crippen molar-refractivity contribution in [1.29, 1.82) is 0 Å². The third kappa shape index (κ3) is 3.12. The smallest absolute Gasteiger partial charge is 0.128 e. The lowest BCUT2D eigenvalue weighted by Gasteiger charge is -2.15. The van der Waals surface area contributed by atoms with E-state index in [9.17, 15) is 5.11 Å². The minimum absolute atomic E-state index is 0.513. The average molecular weight is 225 g/mol. The number of aliphatic hydroxyl groups excluding tert-OH is 1. The maximum atomic E-state index is 9.94. The second-order valence-corrected chi connectivity index (χ2v) is 3.43. The summed E-state index contributed by atoms with van der Waals surface area (Å²) in [7, 11) is 3.18. The monoisotopic (exact) mass is 225 g/mol. The van der Waals surface area contributed by atoms with Crippen LogP contribution in [0.15, 0.2) is 18.2 Å². The van der Waals surface area contributed by atoms with Gasteiger partial charge in [-0.3, -0.25) is 0 Å². The maximum Gasteiger partial charge on any atom is 0.128 e. The lowest BCUT2D eigenvalue weighted by atomic mass is 10.1. The summed E-state index contributed by atoms with van der Waals surface area (Å²) in [6.45, 7) is 3.34. The van der Waals surface area contributed by atoms with Crippen LogP contribution in [-0.2, 0) is 0 Å². The summed E-state index contributed by atoms with van der Waals surface area (Å²) in [5.41, 5.74) is 0.768. The second kappa shape index (κ2) is 6.35. The molecule has 0 heterocycles. The molecule has 4 nitrogen and oxygen atoms in total. The fourth-order valence-corrected chi connectivity index (χ4v) is 1.48. The van der Waals surface area contributed by atoms with Gasteiger partial charge in [0, 0.05) is 18.2 Å². The highest BCUT2D eigenvalue weighted by Gasteiger charge is 2.13. The van der Waals surface area contributed by atoms with E-state index >= 15 is 0 Å². The van der Waals surface area contributed by atoms with Gasteiger partial charge in [-0.1, -0.05) is 6.92 Å². The highest BCUT2D eigenvalue weighted by molar-refractivity contribution is 5.42. The Morgan fingerprint density at radius 3 is 2.62 bits per heavy atom. The fourth-order valence-electron chi connectivity index (χ4n) is 1.48. The minimum Gasteiger partial charge on any atom is -0.497 e. The summed E-state index contributed by atoms with van der Waals surface area (Å²) < 4.78 is 10.3. The Morgan fingerprint density at radius 1 is 1.31 bits per heavy atom. The first-order valence-electron chi connectivity index (χ1n) is 5.33. The molecule has 1 rings (SSSR count). The first kappa shape index (κ1) is 12.8. The lowest BCUT2D eigenvalue weighted by Crippen LogP contribution is -2.21. The molecule has 1 aromatic carbocycles. The van der Waals surface area contributed by atoms with Crippen LogP contribution in [-0.4, -0.2) is 32.4 Å². The van der Waals surface area contributed by atoms with E-state index in [4.69, 9.17) is 9.47 Å². The van der Waals surface area contributed by atoms with Gasteiger partial charge in [-0.05, 0) is 18.7 Å². The molecule has 0 bridgehead atoms. The number of ether oxygens (including phenoxy) is 2. The van der Waals surface area contributed by atoms with Gasteiger partial charge >= 0.3 is 0 Å². The van der Waals surface area contributed by atoms with Gasteiger partial charge in [0.05, 0.1) is 20.3 Å². The van der Waals surface area contributed by atoms with Crippen LogP contribution in [0.1, 0.15) is 18.6 Å². The summed E-state index contributed by atoms with van der Waals surface area (Å²) >= 11 is 0. The molecule has 0 aliphatic heterocycles. The number of nitrogens with one attached hydrogen (secondary N) is 1. The van der Waals surface area contributed by atoms with Gasteiger partial charge in [0.25, 0.3) is 0 Å². The Kier molecular flexibility index (Phi) is 5.08. The van der Waals surface area contributed by atoms with Crippen LogP contribution in [0.2, 0.25) is 0 Å². The van der Waals surface area contributed by atoms with Crippen molar-refractivity contribution in [2.24, 2.45) is 0 Å². The minimum atomic E-state index is -0.569. The number of benzene rings is 1. The lowest BCUT2D eigenvalue weighted by molar-refractivity contribution is 0.171. The molecule has 0 saturated carbocycles. The predicted octanol–water partition coefficient (Wildman–Crippen LogP) is 1.35. The molecule has 0 radical (unpaired) electrons. The highest BCUT2D eigenvalue weighted by atomic mass is 16.5. The van der Waals surface area contributed by atoms with E-state index in [0.717, 1.165) is 17.9 Å². The van der Waals surface area contributed by atoms with Crippen molar-refractivity contribution in [2.75, 3.05) is 27.3 Å². The number of rotatable bonds is 6. The van der Waals surface area contributed by atoms with E-state index in [1.54, 1.807) is 20.3 Å². The molecule has 4 heteroatoms. The molecule has 0 saturated heterocycles. The van der Waals surface area contributed by atoms with Crippen LogP contribution < -0.4 is 14.8 Å². The molecule has 90 valence electrons. The van der Waals surface area contributed by atoms with Crippen LogP contribution in [0, 0.1) is 0 Å². The van der Waals surface area contributed by atoms with Crippen molar-refractivity contribution >= 4 is 0 Å². The number of likely N-dealkylation sites (N-methyl/N-ethyl adjacent to an activating group) is 1. The molecule has 0 aliphatic rings. The van der Waals surface area contributed by atoms with Gasteiger partial charge in [-0.25, -0.2) is 0 Å². The van der Waals surface area contributed by atoms with E-state index < -0.39 is 6.10 Å². The Morgan fingerprint density at radius 2 is 2.06 bits per heavy atom. The molecule has 16 heavy (non-hydrogen) atoms. The summed E-state index contributed by atoms with van der Waals surface area (Å²) in [5, 5.41) is 13.0. The quantitative estimate of drug-likeness (QED) is 0.767. The summed E-state index contributed by atoms with van der Waals surface area (Å²) in [5.74, 6) is 1.36. The molecule has 1 unspecified atom stereocenters. The third-order valence-electron chi connectivity index (χ3n) is 2.39. The molecule has 0 fully saturated rings. The zero-order chi connectivity index (χ0) is 12.0. The Labute approximate surface area is 96.2 Å². The van der Waals surface area contributed by atoms with Gasteiger partial charge in [-0.15, -0.1) is 0 Å². The van der Waals surface area contributed by atoms with E-state index in [1.165, 1.54) is 0 Å². The van der Waals surface area contributed by atoms with Crippen molar-refractivity contribution in [3.05, 3.63) is 23.8 Å². The molecule has 0 aromatic heterocycles. The van der Waals surface area contributed by atoms with Gasteiger partial charge in [0.1, 0.15) is 11.5 Å². The highest BCUT2D eigenvalue weighted by Crippen LogP contribution is 2.29. The molecule has 0 aliphatic carbocycles. The predicted molar refractivity (Wildman–Crippen MR) is 63.0 cm³/mol. The largest absolute Gasteiger partial charge is 0.497 e. The van der Waals surface area contributed by atoms with Gasteiger partial charge in [0.2, 0.25) is 0 Å². The standard InChI is InChI=1S/C12H19NO3/c1-4-13-8-11(14)10-6-5-9(15-2)7-12(10)16-3/h5-7,11,13-14H,4,8H2,1-3H3. The van der Waals surface area contributed by atoms with Crippen molar-refractivity contribution < 1.29 is 14.6 Å². The Hall–Kier alpha value is -1.26. The molecule has 0 amide bonds. The molecule has 1 aromatic rings. The van der Waals surface area contributed by atoms with E-state index in [-0.39, 0.29) is 0 Å². The van der Waals surface area contributed by atoms with Crippen molar-refractivity contribution in [3.8, 4) is 11.5 Å². The first-order chi connectivity index (χ1) is 7.72. The van der Waals surface area contributed by atoms with Crippen molar-refractivity contribution in [2.45, 2.75) is 13.0 Å². The Balaban J connectivity index is 2.85. The zero-order valence-corrected chi connectivity index (χ0v) is 9.99. The summed E-state index contributed by atoms with van der Waals surface area (Å²) in [6.07, 6.45) is -0.569. The number of hydrogen-bond acceptors (Lipinski definition) is 4. The average Bonchev–Trinajstić information content (AvgIpc) is 2.34. The van der Waals surface area contributed by atoms with E-state index in [1.807, 2.05) is 19.1 Å². The normalized spacial score (nSPS) is 12.2. The van der Waals surface area contributed by atoms with E-state index in [2.05, 4.69) is 5.32 Å².